The van der Waals surface area contributed by atoms with Crippen molar-refractivity contribution in [3.63, 3.8) is 0 Å². The summed E-state index contributed by atoms with van der Waals surface area (Å²) in [5, 5.41) is 7.19. The number of nitrogens with zero attached hydrogens (tertiary/aromatic N) is 1. The van der Waals surface area contributed by atoms with E-state index in [1.807, 2.05) is 29.2 Å². The van der Waals surface area contributed by atoms with Crippen LogP contribution in [-0.2, 0) is 22.4 Å². The number of amides is 2. The molecule has 0 saturated heterocycles. The largest absolute Gasteiger partial charge is 0.330 e. The van der Waals surface area contributed by atoms with Crippen LogP contribution >= 0.6 is 22.7 Å². The summed E-state index contributed by atoms with van der Waals surface area (Å²) in [5.41, 5.74) is 3.32. The van der Waals surface area contributed by atoms with Crippen LogP contribution in [0, 0.1) is 5.92 Å². The van der Waals surface area contributed by atoms with Gasteiger partial charge in [0.05, 0.1) is 6.04 Å². The van der Waals surface area contributed by atoms with Gasteiger partial charge in [0.1, 0.15) is 0 Å². The normalized spacial score (nSPS) is 20.7. The SMILES string of the molecule is O=C1Nc2ccccc2CC1CCC(=O)N1CCc2sccc2C1c1cccs1. The predicted octanol–water partition coefficient (Wildman–Crippen LogP) is 4.87. The van der Waals surface area contributed by atoms with E-state index in [9.17, 15) is 9.59 Å². The second-order valence-corrected chi connectivity index (χ2v) is 9.62. The Kier molecular flexibility index (Phi) is 4.97. The van der Waals surface area contributed by atoms with Crippen LogP contribution in [0.1, 0.15) is 39.8 Å². The summed E-state index contributed by atoms with van der Waals surface area (Å²) >= 11 is 3.49. The third-order valence-electron chi connectivity index (χ3n) is 5.92. The number of carbonyl (C=O) groups excluding carboxylic acids is 2. The molecule has 0 radical (unpaired) electrons. The highest BCUT2D eigenvalue weighted by Gasteiger charge is 2.34. The van der Waals surface area contributed by atoms with E-state index in [1.165, 1.54) is 15.3 Å². The van der Waals surface area contributed by atoms with Crippen molar-refractivity contribution in [2.24, 2.45) is 5.92 Å². The van der Waals surface area contributed by atoms with Crippen LogP contribution in [0.3, 0.4) is 0 Å². The zero-order valence-corrected chi connectivity index (χ0v) is 17.6. The highest BCUT2D eigenvalue weighted by Crippen LogP contribution is 2.40. The summed E-state index contributed by atoms with van der Waals surface area (Å²) in [7, 11) is 0. The van der Waals surface area contributed by atoms with Gasteiger partial charge in [-0.25, -0.2) is 0 Å². The first-order valence-corrected chi connectivity index (χ1v) is 11.7. The van der Waals surface area contributed by atoms with Gasteiger partial charge in [0.15, 0.2) is 0 Å². The molecule has 2 aliphatic heterocycles. The van der Waals surface area contributed by atoms with Crippen molar-refractivity contribution in [3.8, 4) is 0 Å². The van der Waals surface area contributed by atoms with Crippen LogP contribution in [0.4, 0.5) is 5.69 Å². The summed E-state index contributed by atoms with van der Waals surface area (Å²) in [5.74, 6) is 0.0347. The van der Waals surface area contributed by atoms with Gasteiger partial charge in [-0.3, -0.25) is 9.59 Å². The van der Waals surface area contributed by atoms with Crippen LogP contribution in [-0.4, -0.2) is 23.3 Å². The summed E-state index contributed by atoms with van der Waals surface area (Å²) in [6.45, 7) is 0.745. The van der Waals surface area contributed by atoms with Gasteiger partial charge >= 0.3 is 0 Å². The number of hydrogen-bond donors (Lipinski definition) is 1. The second kappa shape index (κ2) is 7.76. The smallest absolute Gasteiger partial charge is 0.227 e. The molecular weight excluding hydrogens is 400 g/mol. The molecule has 2 aromatic heterocycles. The molecule has 2 atom stereocenters. The number of hydrogen-bond acceptors (Lipinski definition) is 4. The van der Waals surface area contributed by atoms with Gasteiger partial charge < -0.3 is 10.2 Å². The third-order valence-corrected chi connectivity index (χ3v) is 7.84. The van der Waals surface area contributed by atoms with Crippen LogP contribution in [0.2, 0.25) is 0 Å². The molecule has 148 valence electrons. The number of nitrogens with one attached hydrogen (secondary N) is 1. The van der Waals surface area contributed by atoms with Crippen LogP contribution in [0.15, 0.2) is 53.2 Å². The molecule has 2 amide bonds. The second-order valence-electron chi connectivity index (χ2n) is 7.64. The molecule has 4 heterocycles. The van der Waals surface area contributed by atoms with Gasteiger partial charge in [0.25, 0.3) is 0 Å². The van der Waals surface area contributed by atoms with E-state index in [2.05, 4.69) is 34.3 Å². The van der Waals surface area contributed by atoms with Gasteiger partial charge in [-0.05, 0) is 59.3 Å². The molecule has 29 heavy (non-hydrogen) atoms. The molecule has 0 saturated carbocycles. The van der Waals surface area contributed by atoms with E-state index in [0.717, 1.165) is 24.2 Å². The number of benzene rings is 1. The minimum absolute atomic E-state index is 0.0124. The van der Waals surface area contributed by atoms with Gasteiger partial charge in [0.2, 0.25) is 11.8 Å². The lowest BCUT2D eigenvalue weighted by Gasteiger charge is -2.36. The summed E-state index contributed by atoms with van der Waals surface area (Å²) in [4.78, 5) is 30.3. The Morgan fingerprint density at radius 1 is 1.10 bits per heavy atom. The summed E-state index contributed by atoms with van der Waals surface area (Å²) < 4.78 is 0. The highest BCUT2D eigenvalue weighted by molar-refractivity contribution is 7.10. The van der Waals surface area contributed by atoms with Crippen molar-refractivity contribution in [2.75, 3.05) is 11.9 Å². The summed E-state index contributed by atoms with van der Waals surface area (Å²) in [6, 6.07) is 14.3. The standard InChI is InChI=1S/C23H22N2O2S2/c26-21(8-7-16-14-15-4-1-2-5-18(15)24-23(16)27)25-11-9-19-17(10-13-29-19)22(25)20-6-3-12-28-20/h1-6,10,12-13,16,22H,7-9,11,14H2,(H,24,27). The van der Waals surface area contributed by atoms with E-state index >= 15 is 0 Å². The Bertz CT molecular complexity index is 1040. The molecule has 3 aromatic rings. The number of fused-ring (bicyclic) bond motifs is 2. The lowest BCUT2D eigenvalue weighted by Crippen LogP contribution is -2.40. The number of carbonyl (C=O) groups is 2. The number of anilines is 1. The Hall–Kier alpha value is -2.44. The zero-order chi connectivity index (χ0) is 19.8. The quantitative estimate of drug-likeness (QED) is 0.652. The molecule has 1 aromatic carbocycles. The van der Waals surface area contributed by atoms with Gasteiger partial charge in [0, 0.05) is 34.3 Å². The highest BCUT2D eigenvalue weighted by atomic mass is 32.1. The van der Waals surface area contributed by atoms with Crippen molar-refractivity contribution < 1.29 is 9.59 Å². The molecule has 0 bridgehead atoms. The molecule has 0 aliphatic carbocycles. The Balaban J connectivity index is 1.31. The van der Waals surface area contributed by atoms with Crippen molar-refractivity contribution in [3.05, 3.63) is 74.1 Å². The van der Waals surface area contributed by atoms with Gasteiger partial charge in [-0.2, -0.15) is 0 Å². The van der Waals surface area contributed by atoms with E-state index < -0.39 is 0 Å². The average Bonchev–Trinajstić information content (AvgIpc) is 3.43. The fourth-order valence-corrected chi connectivity index (χ4v) is 6.18. The molecule has 0 spiro atoms. The van der Waals surface area contributed by atoms with Crippen LogP contribution < -0.4 is 5.32 Å². The fraction of sp³-hybridized carbons (Fsp3) is 0.304. The van der Waals surface area contributed by atoms with Gasteiger partial charge in [-0.15, -0.1) is 22.7 Å². The van der Waals surface area contributed by atoms with E-state index in [0.29, 0.717) is 19.3 Å². The van der Waals surface area contributed by atoms with Crippen LogP contribution in [0.5, 0.6) is 0 Å². The van der Waals surface area contributed by atoms with E-state index in [1.54, 1.807) is 22.7 Å². The molecule has 4 nitrogen and oxygen atoms in total. The van der Waals surface area contributed by atoms with Crippen molar-refractivity contribution in [1.29, 1.82) is 0 Å². The maximum Gasteiger partial charge on any atom is 0.227 e. The first-order chi connectivity index (χ1) is 14.2. The molecule has 5 rings (SSSR count). The minimum Gasteiger partial charge on any atom is -0.330 e. The average molecular weight is 423 g/mol. The monoisotopic (exact) mass is 422 g/mol. The van der Waals surface area contributed by atoms with Gasteiger partial charge in [-0.1, -0.05) is 24.3 Å². The molecular formula is C23H22N2O2S2. The molecule has 6 heteroatoms. The van der Waals surface area contributed by atoms with Crippen molar-refractivity contribution >= 4 is 40.2 Å². The Morgan fingerprint density at radius 2 is 2.00 bits per heavy atom. The Morgan fingerprint density at radius 3 is 2.86 bits per heavy atom. The molecule has 2 unspecified atom stereocenters. The first kappa shape index (κ1) is 18.6. The number of thiophene rings is 2. The molecule has 0 fully saturated rings. The van der Waals surface area contributed by atoms with E-state index in [-0.39, 0.29) is 23.8 Å². The topological polar surface area (TPSA) is 49.4 Å². The van der Waals surface area contributed by atoms with Crippen molar-refractivity contribution in [1.82, 2.24) is 4.90 Å². The van der Waals surface area contributed by atoms with Crippen LogP contribution in [0.25, 0.3) is 0 Å². The lowest BCUT2D eigenvalue weighted by molar-refractivity contribution is -0.133. The minimum atomic E-state index is -0.143. The molecule has 1 N–H and O–H groups in total. The summed E-state index contributed by atoms with van der Waals surface area (Å²) in [6.07, 6.45) is 2.61. The molecule has 2 aliphatic rings. The predicted molar refractivity (Wildman–Crippen MR) is 117 cm³/mol. The fourth-order valence-electron chi connectivity index (χ4n) is 4.43. The zero-order valence-electron chi connectivity index (χ0n) is 16.0. The van der Waals surface area contributed by atoms with E-state index in [4.69, 9.17) is 0 Å². The van der Waals surface area contributed by atoms with Crippen molar-refractivity contribution in [2.45, 2.75) is 31.7 Å². The third kappa shape index (κ3) is 3.51. The number of para-hydroxylation sites is 1. The maximum absolute atomic E-state index is 13.2. The lowest BCUT2D eigenvalue weighted by atomic mass is 9.89. The maximum atomic E-state index is 13.2. The Labute approximate surface area is 178 Å². The number of rotatable bonds is 4. The first-order valence-electron chi connectivity index (χ1n) is 9.98.